The number of carbonyl (C=O) groups excluding carboxylic acids is 4. The molecule has 3 amide bonds. The van der Waals surface area contributed by atoms with Gasteiger partial charge in [-0.25, -0.2) is 14.4 Å². The molecule has 196 valence electrons. The molecule has 0 saturated carbocycles. The Bertz CT molecular complexity index is 1240. The fourth-order valence-electron chi connectivity index (χ4n) is 3.57. The zero-order valence-electron chi connectivity index (χ0n) is 21.0. The van der Waals surface area contributed by atoms with Gasteiger partial charge in [0.15, 0.2) is 17.6 Å². The van der Waals surface area contributed by atoms with Gasteiger partial charge in [-0.2, -0.15) is 0 Å². The predicted molar refractivity (Wildman–Crippen MR) is 131 cm³/mol. The summed E-state index contributed by atoms with van der Waals surface area (Å²) in [5, 5.41) is 2.55. The number of rotatable bonds is 11. The molecule has 1 aromatic carbocycles. The van der Waals surface area contributed by atoms with Gasteiger partial charge in [-0.05, 0) is 56.2 Å². The van der Waals surface area contributed by atoms with Gasteiger partial charge in [0, 0.05) is 5.56 Å². The van der Waals surface area contributed by atoms with E-state index in [1.54, 1.807) is 32.1 Å². The molecule has 1 N–H and O–H groups in total. The Kier molecular flexibility index (Phi) is 8.72. The fraction of sp³-hybridized carbons (Fsp3) is 0.308. The molecule has 37 heavy (non-hydrogen) atoms. The normalized spacial score (nSPS) is 14.8. The number of allylic oxidation sites excluding steroid dienone is 1. The van der Waals surface area contributed by atoms with E-state index in [2.05, 4.69) is 16.6 Å². The minimum absolute atomic E-state index is 0.0355. The van der Waals surface area contributed by atoms with E-state index in [1.807, 2.05) is 0 Å². The molecule has 2 heterocycles. The molecule has 1 aliphatic heterocycles. The van der Waals surface area contributed by atoms with Crippen LogP contribution < -0.4 is 14.8 Å². The quantitative estimate of drug-likeness (QED) is 0.208. The van der Waals surface area contributed by atoms with Crippen molar-refractivity contribution in [1.82, 2.24) is 10.2 Å². The molecule has 0 spiro atoms. The SMILES string of the molecule is C=CCc1cc(/C=C2\NC(=O)N(Cc3ccc(C(=O)OC)o3)C2=O)cc(OCC)c1O[C@H](C)C(=O)OC. The van der Waals surface area contributed by atoms with E-state index in [4.69, 9.17) is 18.6 Å². The summed E-state index contributed by atoms with van der Waals surface area (Å²) < 4.78 is 26.3. The van der Waals surface area contributed by atoms with Gasteiger partial charge < -0.3 is 28.7 Å². The average Bonchev–Trinajstić information content (AvgIpc) is 3.45. The number of nitrogens with one attached hydrogen (secondary N) is 1. The molecular weight excluding hydrogens is 484 g/mol. The maximum Gasteiger partial charge on any atom is 0.373 e. The predicted octanol–water partition coefficient (Wildman–Crippen LogP) is 3.23. The van der Waals surface area contributed by atoms with E-state index in [0.717, 1.165) is 4.90 Å². The van der Waals surface area contributed by atoms with Crippen molar-refractivity contribution in [2.24, 2.45) is 0 Å². The summed E-state index contributed by atoms with van der Waals surface area (Å²) in [6.07, 6.45) is 2.66. The highest BCUT2D eigenvalue weighted by molar-refractivity contribution is 6.13. The van der Waals surface area contributed by atoms with Crippen LogP contribution in [0.2, 0.25) is 0 Å². The Labute approximate surface area is 213 Å². The highest BCUT2D eigenvalue weighted by Gasteiger charge is 2.34. The van der Waals surface area contributed by atoms with E-state index < -0.39 is 30.0 Å². The van der Waals surface area contributed by atoms with Crippen molar-refractivity contribution in [1.29, 1.82) is 0 Å². The van der Waals surface area contributed by atoms with Crippen molar-refractivity contribution in [2.45, 2.75) is 32.9 Å². The van der Waals surface area contributed by atoms with Crippen LogP contribution in [0.5, 0.6) is 11.5 Å². The highest BCUT2D eigenvalue weighted by atomic mass is 16.6. The first-order valence-corrected chi connectivity index (χ1v) is 11.4. The highest BCUT2D eigenvalue weighted by Crippen LogP contribution is 2.36. The van der Waals surface area contributed by atoms with Crippen LogP contribution in [-0.4, -0.2) is 55.7 Å². The van der Waals surface area contributed by atoms with Crippen LogP contribution in [0.15, 0.2) is 47.0 Å². The number of urea groups is 1. The van der Waals surface area contributed by atoms with Gasteiger partial charge in [0.2, 0.25) is 5.76 Å². The molecule has 0 bridgehead atoms. The Morgan fingerprint density at radius 3 is 2.59 bits per heavy atom. The summed E-state index contributed by atoms with van der Waals surface area (Å²) in [5.74, 6) is -0.899. The number of furan rings is 1. The number of nitrogens with zero attached hydrogens (tertiary/aromatic N) is 1. The summed E-state index contributed by atoms with van der Waals surface area (Å²) in [7, 11) is 2.49. The third kappa shape index (κ3) is 6.18. The summed E-state index contributed by atoms with van der Waals surface area (Å²) in [5.41, 5.74) is 1.24. The van der Waals surface area contributed by atoms with Crippen LogP contribution >= 0.6 is 0 Å². The lowest BCUT2D eigenvalue weighted by molar-refractivity contribution is -0.148. The minimum atomic E-state index is -0.887. The van der Waals surface area contributed by atoms with Crippen LogP contribution in [0.3, 0.4) is 0 Å². The molecule has 1 fully saturated rings. The smallest absolute Gasteiger partial charge is 0.373 e. The Morgan fingerprint density at radius 1 is 1.19 bits per heavy atom. The molecule has 11 nitrogen and oxygen atoms in total. The van der Waals surface area contributed by atoms with Crippen LogP contribution in [-0.2, 0) is 32.0 Å². The lowest BCUT2D eigenvalue weighted by Gasteiger charge is -2.19. The van der Waals surface area contributed by atoms with E-state index in [0.29, 0.717) is 35.7 Å². The molecule has 0 unspecified atom stereocenters. The largest absolute Gasteiger partial charge is 0.490 e. The molecule has 0 radical (unpaired) electrons. The van der Waals surface area contributed by atoms with Crippen molar-refractivity contribution in [3.8, 4) is 11.5 Å². The fourth-order valence-corrected chi connectivity index (χ4v) is 3.57. The molecule has 1 aliphatic rings. The zero-order valence-corrected chi connectivity index (χ0v) is 21.0. The number of carbonyl (C=O) groups is 4. The first-order chi connectivity index (χ1) is 17.7. The van der Waals surface area contributed by atoms with Crippen LogP contribution in [0, 0.1) is 0 Å². The minimum Gasteiger partial charge on any atom is -0.490 e. The van der Waals surface area contributed by atoms with Gasteiger partial charge in [-0.1, -0.05) is 6.08 Å². The van der Waals surface area contributed by atoms with Crippen molar-refractivity contribution in [3.63, 3.8) is 0 Å². The van der Waals surface area contributed by atoms with Gasteiger partial charge in [0.1, 0.15) is 11.5 Å². The average molecular weight is 513 g/mol. The van der Waals surface area contributed by atoms with E-state index in [1.165, 1.54) is 32.4 Å². The number of ether oxygens (including phenoxy) is 4. The molecule has 1 atom stereocenters. The number of methoxy groups -OCH3 is 2. The number of hydrogen-bond donors (Lipinski definition) is 1. The molecule has 11 heteroatoms. The van der Waals surface area contributed by atoms with Gasteiger partial charge in [-0.3, -0.25) is 9.69 Å². The van der Waals surface area contributed by atoms with Crippen molar-refractivity contribution in [2.75, 3.05) is 20.8 Å². The maximum atomic E-state index is 13.0. The number of hydrogen-bond acceptors (Lipinski definition) is 9. The van der Waals surface area contributed by atoms with Crippen molar-refractivity contribution >= 4 is 30.0 Å². The number of benzene rings is 1. The van der Waals surface area contributed by atoms with Crippen molar-refractivity contribution < 1.29 is 42.5 Å². The second-order valence-electron chi connectivity index (χ2n) is 7.85. The third-order valence-corrected chi connectivity index (χ3v) is 5.28. The van der Waals surface area contributed by atoms with Crippen molar-refractivity contribution in [3.05, 3.63) is 65.3 Å². The van der Waals surface area contributed by atoms with Crippen LogP contribution in [0.1, 0.15) is 41.3 Å². The number of amides is 3. The van der Waals surface area contributed by atoms with E-state index in [-0.39, 0.29) is 23.8 Å². The van der Waals surface area contributed by atoms with Gasteiger partial charge >= 0.3 is 18.0 Å². The molecular formula is C26H28N2O9. The van der Waals surface area contributed by atoms with E-state index in [9.17, 15) is 19.2 Å². The molecule has 1 saturated heterocycles. The summed E-state index contributed by atoms with van der Waals surface area (Å²) in [4.78, 5) is 49.9. The molecule has 2 aromatic rings. The third-order valence-electron chi connectivity index (χ3n) is 5.28. The topological polar surface area (TPSA) is 134 Å². The lowest BCUT2D eigenvalue weighted by Crippen LogP contribution is -2.30. The first-order valence-electron chi connectivity index (χ1n) is 11.4. The molecule has 3 rings (SSSR count). The zero-order chi connectivity index (χ0) is 27.1. The van der Waals surface area contributed by atoms with E-state index >= 15 is 0 Å². The summed E-state index contributed by atoms with van der Waals surface area (Å²) in [6.45, 7) is 7.26. The second kappa shape index (κ2) is 11.9. The standard InChI is InChI=1S/C26H28N2O9/c1-6-8-17-11-16(13-21(35-7-2)22(17)36-15(3)24(30)33-4)12-19-23(29)28(26(32)27-19)14-18-9-10-20(37-18)25(31)34-5/h6,9-13,15H,1,7-8,14H2,2-5H3,(H,27,32)/b19-12-/t15-/m1/s1. The van der Waals surface area contributed by atoms with Gasteiger partial charge in [0.05, 0.1) is 27.4 Å². The summed E-state index contributed by atoms with van der Waals surface area (Å²) >= 11 is 0. The molecule has 0 aliphatic carbocycles. The lowest BCUT2D eigenvalue weighted by atomic mass is 10.0. The first kappa shape index (κ1) is 27.1. The number of imide groups is 1. The Balaban J connectivity index is 1.90. The van der Waals surface area contributed by atoms with Crippen LogP contribution in [0.25, 0.3) is 6.08 Å². The summed E-state index contributed by atoms with van der Waals surface area (Å²) in [6, 6.07) is 5.62. The van der Waals surface area contributed by atoms with Gasteiger partial charge in [-0.15, -0.1) is 6.58 Å². The molecule has 1 aromatic heterocycles. The van der Waals surface area contributed by atoms with Crippen LogP contribution in [0.4, 0.5) is 4.79 Å². The monoisotopic (exact) mass is 512 g/mol. The second-order valence-corrected chi connectivity index (χ2v) is 7.85. The maximum absolute atomic E-state index is 13.0. The Hall–Kier alpha value is -4.54. The van der Waals surface area contributed by atoms with Gasteiger partial charge in [0.25, 0.3) is 5.91 Å². The Morgan fingerprint density at radius 2 is 1.95 bits per heavy atom. The number of esters is 2.